The largest absolute Gasteiger partial charge is 0.504 e. The van der Waals surface area contributed by atoms with Gasteiger partial charge in [0.25, 0.3) is 0 Å². The second kappa shape index (κ2) is 34.0. The first-order chi connectivity index (χ1) is 67.9. The van der Waals surface area contributed by atoms with Gasteiger partial charge in [0.1, 0.15) is 0 Å². The zero-order chi connectivity index (χ0) is 91.6. The summed E-state index contributed by atoms with van der Waals surface area (Å²) in [5, 5.41) is 7.31. The van der Waals surface area contributed by atoms with Crippen molar-refractivity contribution in [3.63, 3.8) is 0 Å². The number of benzene rings is 18. The van der Waals surface area contributed by atoms with Crippen molar-refractivity contribution in [2.45, 2.75) is 19.3 Å². The molecule has 0 bridgehead atoms. The molecule has 9 heterocycles. The summed E-state index contributed by atoms with van der Waals surface area (Å²) in [4.78, 5) is 28.2. The van der Waals surface area contributed by atoms with Gasteiger partial charge in [-0.3, -0.25) is 15.0 Å². The summed E-state index contributed by atoms with van der Waals surface area (Å²) in [6.07, 6.45) is 2.81. The summed E-state index contributed by atoms with van der Waals surface area (Å²) in [7, 11) is 12.5. The molecule has 0 radical (unpaired) electrons. The maximum absolute atomic E-state index is 5.03. The van der Waals surface area contributed by atoms with Crippen LogP contribution in [0.4, 0.5) is 51.2 Å². The van der Waals surface area contributed by atoms with Crippen LogP contribution in [0, 0.1) is 56.4 Å². The smallest absolute Gasteiger partial charge is 0.0770 e. The Morgan fingerprint density at radius 2 is 0.596 bits per heavy atom. The van der Waals surface area contributed by atoms with Gasteiger partial charge < -0.3 is 56.8 Å². The van der Waals surface area contributed by atoms with E-state index < -0.39 is 0 Å². The van der Waals surface area contributed by atoms with Gasteiger partial charge in [-0.05, 0) is 231 Å². The van der Waals surface area contributed by atoms with Crippen LogP contribution in [0.3, 0.4) is 0 Å². The van der Waals surface area contributed by atoms with Gasteiger partial charge in [0, 0.05) is 135 Å². The maximum atomic E-state index is 5.03. The van der Waals surface area contributed by atoms with Crippen LogP contribution in [0.15, 0.2) is 346 Å². The summed E-state index contributed by atoms with van der Waals surface area (Å²) in [6, 6.07) is 146. The number of aromatic nitrogens is 9. The Balaban J connectivity index is 0.000000110. The normalized spacial score (nSPS) is 13.3. The predicted octanol–water partition coefficient (Wildman–Crippen LogP) is 27.6. The minimum Gasteiger partial charge on any atom is -0.504 e. The van der Waals surface area contributed by atoms with Gasteiger partial charge in [-0.2, -0.15) is 38.2 Å². The SMILES string of the molecule is CN1[CH-]N(c2[c-]c(-n3c4[c-]c(-c5nc6ccccc6n5C)ccc4c4c5c(ccc43)-c3ccccc3C5)ccc2)c2ccccc21.CN1[CH-]N(c2[c-]c(-n3c4[c-]c(-c5nc6ccccc6n5C)ccc4c4c5c(ccc43)Cc3ccccc3-5)ccc2)c2ccccc21.CN1[CH-]N(c2[c-]c(-n3c4[c-]c(-c5nc6ccccc6n5C)ccc4c4cc5c(cc43)Cc3ccccc3-5)ccc2)c2ccccc21.[Pt].[Pt].[Pt]. The van der Waals surface area contributed by atoms with Gasteiger partial charge >= 0.3 is 0 Å². The van der Waals surface area contributed by atoms with Crippen molar-refractivity contribution >= 4 is 150 Å². The molecule has 3 aliphatic heterocycles. The van der Waals surface area contributed by atoms with Gasteiger partial charge in [0.15, 0.2) is 0 Å². The third-order valence-corrected chi connectivity index (χ3v) is 29.1. The van der Waals surface area contributed by atoms with Crippen LogP contribution < -0.4 is 29.4 Å². The standard InChI is InChI=1S/3C41H28N5.3Pt/c1-43-25-45(36-17-8-7-16-35(36)43)29-11-9-12-30(24-29)46-37-21-19-27-22-26-10-3-4-13-31(26)39(27)40(37)32-20-18-28(23-38(32)46)41-42-33-14-5-6-15-34(33)44(41)2;1-43-25-45(38-17-8-7-16-37(38)43)29-11-9-12-30(23-29)46-39-21-27(41-42-35-14-5-6-15-36(35)44(41)2)18-19-32(39)34-24-33-28(22-40(34)46)20-26-10-3-4-13-31(26)33;1-43-25-45(37-17-8-7-16-36(37)43)28-11-9-12-29(24-28)46-38-21-20-31-30-13-4-3-10-26(30)22-33(31)40(38)32-19-18-27(23-39(32)46)41-42-34-14-5-6-15-35(34)44(41)2;;;/h3-21,25H,22H2,1-2H3;3-19,22,24-25H,20H2,1-2H3;3-21,25H,22H2,1-2H3;;;/q3*-3;;;. The molecule has 15 nitrogen and oxygen atoms in total. The van der Waals surface area contributed by atoms with Gasteiger partial charge in [-0.1, -0.05) is 197 Å². The minimum absolute atomic E-state index is 0. The quantitative estimate of drug-likeness (QED) is 0.131. The Labute approximate surface area is 859 Å². The molecule has 6 aromatic heterocycles. The molecule has 3 aliphatic carbocycles. The van der Waals surface area contributed by atoms with Crippen LogP contribution in [-0.2, 0) is 104 Å². The van der Waals surface area contributed by atoms with E-state index in [2.05, 4.69) is 483 Å². The Kier molecular flexibility index (Phi) is 21.0. The molecule has 24 aromatic rings. The van der Waals surface area contributed by atoms with Crippen molar-refractivity contribution in [3.05, 3.63) is 436 Å². The minimum atomic E-state index is 0. The van der Waals surface area contributed by atoms with Crippen LogP contribution >= 0.6 is 0 Å². The molecule has 690 valence electrons. The summed E-state index contributed by atoms with van der Waals surface area (Å²) in [6.45, 7) is 6.39. The summed E-state index contributed by atoms with van der Waals surface area (Å²) in [5.41, 5.74) is 44.8. The maximum Gasteiger partial charge on any atom is 0.0770 e. The van der Waals surface area contributed by atoms with Crippen LogP contribution in [0.5, 0.6) is 0 Å². The Morgan fingerprint density at radius 1 is 0.241 bits per heavy atom. The van der Waals surface area contributed by atoms with Crippen molar-refractivity contribution in [2.24, 2.45) is 21.1 Å². The Hall–Kier alpha value is -15.4. The van der Waals surface area contributed by atoms with Crippen molar-refractivity contribution in [2.75, 3.05) is 50.5 Å². The number of imidazole rings is 3. The summed E-state index contributed by atoms with van der Waals surface area (Å²) in [5.74, 6) is 2.71. The van der Waals surface area contributed by atoms with Crippen LogP contribution in [0.2, 0.25) is 0 Å². The van der Waals surface area contributed by atoms with E-state index in [9.17, 15) is 0 Å². The molecule has 0 amide bonds. The fraction of sp³-hybridized carbons (Fsp3) is 0.0732. The summed E-state index contributed by atoms with van der Waals surface area (Å²) < 4.78 is 13.5. The number of para-hydroxylation sites is 12. The second-order valence-corrected chi connectivity index (χ2v) is 36.9. The first-order valence-electron chi connectivity index (χ1n) is 46.9. The molecule has 0 saturated carbocycles. The zero-order valence-electron chi connectivity index (χ0n) is 77.4. The number of aryl methyl sites for hydroxylation is 3. The first-order valence-corrected chi connectivity index (χ1v) is 46.9. The van der Waals surface area contributed by atoms with Gasteiger partial charge in [-0.15, -0.1) is 143 Å². The molecule has 18 heteroatoms. The number of nitrogens with zero attached hydrogens (tertiary/aromatic N) is 15. The number of fused-ring (bicyclic) bond motifs is 26. The fourth-order valence-corrected chi connectivity index (χ4v) is 22.7. The number of hydrogen-bond acceptors (Lipinski definition) is 9. The molecule has 0 N–H and O–H groups in total. The topological polar surface area (TPSA) is 87.7 Å². The third-order valence-electron chi connectivity index (χ3n) is 29.1. The second-order valence-electron chi connectivity index (χ2n) is 36.9. The average Bonchev–Trinajstić information content (AvgIpc) is 1.56. The van der Waals surface area contributed by atoms with E-state index in [1.165, 1.54) is 116 Å². The van der Waals surface area contributed by atoms with Crippen molar-refractivity contribution < 1.29 is 63.2 Å². The van der Waals surface area contributed by atoms with E-state index in [-0.39, 0.29) is 63.2 Å². The van der Waals surface area contributed by atoms with E-state index in [1.807, 2.05) is 18.2 Å². The first kappa shape index (κ1) is 87.2. The number of anilines is 9. The molecular formula is C123H84N15Pt3-9. The monoisotopic (exact) mass is 2360 g/mol. The number of rotatable bonds is 9. The third kappa shape index (κ3) is 13.6. The van der Waals surface area contributed by atoms with E-state index in [1.54, 1.807) is 0 Å². The van der Waals surface area contributed by atoms with E-state index in [0.717, 1.165) is 171 Å². The molecule has 0 saturated heterocycles. The predicted molar refractivity (Wildman–Crippen MR) is 563 cm³/mol. The summed E-state index contributed by atoms with van der Waals surface area (Å²) >= 11 is 0. The molecule has 0 atom stereocenters. The van der Waals surface area contributed by atoms with Gasteiger partial charge in [0.05, 0.1) is 50.6 Å². The van der Waals surface area contributed by atoms with Crippen molar-refractivity contribution in [3.8, 4) is 84.6 Å². The van der Waals surface area contributed by atoms with E-state index >= 15 is 0 Å². The van der Waals surface area contributed by atoms with E-state index in [4.69, 9.17) is 15.0 Å². The molecule has 0 spiro atoms. The van der Waals surface area contributed by atoms with Crippen molar-refractivity contribution in [1.82, 2.24) is 42.4 Å². The van der Waals surface area contributed by atoms with E-state index in [0.29, 0.717) is 0 Å². The molecule has 0 unspecified atom stereocenters. The van der Waals surface area contributed by atoms with Gasteiger partial charge in [-0.25, -0.2) is 0 Å². The van der Waals surface area contributed by atoms with Crippen LogP contribution in [0.25, 0.3) is 183 Å². The molecule has 6 aliphatic rings. The molecule has 30 rings (SSSR count). The van der Waals surface area contributed by atoms with Crippen LogP contribution in [-0.4, -0.2) is 63.5 Å². The van der Waals surface area contributed by atoms with Crippen molar-refractivity contribution in [1.29, 1.82) is 0 Å². The fourth-order valence-electron chi connectivity index (χ4n) is 22.7. The zero-order valence-corrected chi connectivity index (χ0v) is 84.2. The Bertz CT molecular complexity index is 9190. The number of hydrogen-bond donors (Lipinski definition) is 0. The Morgan fingerprint density at radius 3 is 1.06 bits per heavy atom. The van der Waals surface area contributed by atoms with Gasteiger partial charge in [0.2, 0.25) is 0 Å². The molecule has 0 fully saturated rings. The molecular weight excluding hydrogens is 2270 g/mol. The van der Waals surface area contributed by atoms with Crippen LogP contribution in [0.1, 0.15) is 33.4 Å². The molecule has 18 aromatic carbocycles. The average molecular weight is 2360 g/mol. The molecule has 141 heavy (non-hydrogen) atoms.